The highest BCUT2D eigenvalue weighted by atomic mass is 79.9. The van der Waals surface area contributed by atoms with E-state index >= 15 is 0 Å². The van der Waals surface area contributed by atoms with Crippen molar-refractivity contribution in [2.75, 3.05) is 11.9 Å². The van der Waals surface area contributed by atoms with Gasteiger partial charge in [-0.15, -0.1) is 0 Å². The number of benzene rings is 2. The Morgan fingerprint density at radius 2 is 1.86 bits per heavy atom. The van der Waals surface area contributed by atoms with Gasteiger partial charge in [-0.25, -0.2) is 0 Å². The Balaban J connectivity index is 1.91. The van der Waals surface area contributed by atoms with Crippen molar-refractivity contribution in [1.29, 1.82) is 0 Å². The van der Waals surface area contributed by atoms with E-state index in [4.69, 9.17) is 10.5 Å². The lowest BCUT2D eigenvalue weighted by molar-refractivity contribution is -0.118. The summed E-state index contributed by atoms with van der Waals surface area (Å²) >= 11 is 3.32. The second-order valence-electron chi connectivity index (χ2n) is 4.24. The molecule has 0 aliphatic carbocycles. The molecule has 0 saturated carbocycles. The Kier molecular flexibility index (Phi) is 4.94. The molecule has 2 amide bonds. The van der Waals surface area contributed by atoms with E-state index < -0.39 is 5.91 Å². The number of nitrogens with one attached hydrogen (secondary N) is 1. The molecule has 5 nitrogen and oxygen atoms in total. The summed E-state index contributed by atoms with van der Waals surface area (Å²) in [5.41, 5.74) is 6.01. The Hall–Kier alpha value is -2.34. The van der Waals surface area contributed by atoms with E-state index in [0.717, 1.165) is 4.47 Å². The van der Waals surface area contributed by atoms with E-state index in [9.17, 15) is 9.59 Å². The number of hydrogen-bond donors (Lipinski definition) is 2. The maximum absolute atomic E-state index is 11.8. The van der Waals surface area contributed by atoms with Crippen LogP contribution in [-0.4, -0.2) is 18.4 Å². The number of ether oxygens (including phenoxy) is 1. The second kappa shape index (κ2) is 6.90. The third kappa shape index (κ3) is 4.61. The first kappa shape index (κ1) is 15.1. The smallest absolute Gasteiger partial charge is 0.262 e. The maximum Gasteiger partial charge on any atom is 0.262 e. The van der Waals surface area contributed by atoms with Crippen molar-refractivity contribution >= 4 is 33.4 Å². The van der Waals surface area contributed by atoms with Gasteiger partial charge in [0, 0.05) is 15.7 Å². The van der Waals surface area contributed by atoms with Crippen molar-refractivity contribution in [2.24, 2.45) is 5.73 Å². The molecule has 2 aromatic carbocycles. The molecule has 0 atom stereocenters. The van der Waals surface area contributed by atoms with Gasteiger partial charge in [-0.05, 0) is 42.5 Å². The van der Waals surface area contributed by atoms with Crippen LogP contribution in [0.2, 0.25) is 0 Å². The maximum atomic E-state index is 11.8. The number of primary amides is 1. The Morgan fingerprint density at radius 1 is 1.14 bits per heavy atom. The van der Waals surface area contributed by atoms with Crippen LogP contribution in [0, 0.1) is 0 Å². The van der Waals surface area contributed by atoms with Gasteiger partial charge < -0.3 is 15.8 Å². The lowest BCUT2D eigenvalue weighted by Gasteiger charge is -2.08. The van der Waals surface area contributed by atoms with Crippen molar-refractivity contribution in [3.05, 3.63) is 58.6 Å². The van der Waals surface area contributed by atoms with Crippen LogP contribution in [-0.2, 0) is 4.79 Å². The fourth-order valence-electron chi connectivity index (χ4n) is 1.63. The lowest BCUT2D eigenvalue weighted by Crippen LogP contribution is -2.20. The van der Waals surface area contributed by atoms with E-state index in [1.807, 2.05) is 12.1 Å². The number of amides is 2. The third-order valence-corrected chi connectivity index (χ3v) is 3.14. The minimum Gasteiger partial charge on any atom is -0.484 e. The van der Waals surface area contributed by atoms with E-state index in [2.05, 4.69) is 21.2 Å². The lowest BCUT2D eigenvalue weighted by atomic mass is 10.2. The predicted molar refractivity (Wildman–Crippen MR) is 83.2 cm³/mol. The Bertz CT molecular complexity index is 656. The van der Waals surface area contributed by atoms with Gasteiger partial charge in [0.05, 0.1) is 0 Å². The number of halogens is 1. The summed E-state index contributed by atoms with van der Waals surface area (Å²) in [5, 5.41) is 2.64. The van der Waals surface area contributed by atoms with E-state index in [-0.39, 0.29) is 12.5 Å². The molecule has 0 spiro atoms. The molecular formula is C15H13BrN2O3. The van der Waals surface area contributed by atoms with E-state index in [0.29, 0.717) is 17.0 Å². The summed E-state index contributed by atoms with van der Waals surface area (Å²) in [6, 6.07) is 13.6. The van der Waals surface area contributed by atoms with Crippen molar-refractivity contribution in [3.8, 4) is 5.75 Å². The van der Waals surface area contributed by atoms with Gasteiger partial charge >= 0.3 is 0 Å². The fraction of sp³-hybridized carbons (Fsp3) is 0.0667. The Labute approximate surface area is 130 Å². The van der Waals surface area contributed by atoms with Crippen LogP contribution in [0.3, 0.4) is 0 Å². The van der Waals surface area contributed by atoms with Gasteiger partial charge in [-0.1, -0.05) is 22.0 Å². The molecule has 108 valence electrons. The van der Waals surface area contributed by atoms with Crippen LogP contribution in [0.25, 0.3) is 0 Å². The molecule has 0 fully saturated rings. The minimum atomic E-state index is -0.544. The molecule has 0 unspecified atom stereocenters. The highest BCUT2D eigenvalue weighted by Gasteiger charge is 2.06. The highest BCUT2D eigenvalue weighted by Crippen LogP contribution is 2.16. The zero-order chi connectivity index (χ0) is 15.2. The summed E-state index contributed by atoms with van der Waals surface area (Å²) < 4.78 is 6.28. The zero-order valence-corrected chi connectivity index (χ0v) is 12.6. The summed E-state index contributed by atoms with van der Waals surface area (Å²) in [5.74, 6) is -0.268. The van der Waals surface area contributed by atoms with Crippen molar-refractivity contribution in [1.82, 2.24) is 0 Å². The average Bonchev–Trinajstić information content (AvgIpc) is 2.47. The first-order valence-corrected chi connectivity index (χ1v) is 6.92. The van der Waals surface area contributed by atoms with Crippen LogP contribution in [0.1, 0.15) is 10.4 Å². The monoisotopic (exact) mass is 348 g/mol. The van der Waals surface area contributed by atoms with Gasteiger partial charge in [-0.3, -0.25) is 9.59 Å². The van der Waals surface area contributed by atoms with Crippen molar-refractivity contribution < 1.29 is 14.3 Å². The second-order valence-corrected chi connectivity index (χ2v) is 5.15. The standard InChI is InChI=1S/C15H13BrN2O3/c16-11-4-6-13(7-5-11)21-9-14(19)18-12-3-1-2-10(8-12)15(17)20/h1-8H,9H2,(H2,17,20)(H,18,19). The highest BCUT2D eigenvalue weighted by molar-refractivity contribution is 9.10. The summed E-state index contributed by atoms with van der Waals surface area (Å²) in [7, 11) is 0. The minimum absolute atomic E-state index is 0.123. The largest absolute Gasteiger partial charge is 0.484 e. The van der Waals surface area contributed by atoms with Gasteiger partial charge in [-0.2, -0.15) is 0 Å². The molecule has 0 radical (unpaired) electrons. The number of rotatable bonds is 5. The zero-order valence-electron chi connectivity index (χ0n) is 11.0. The number of anilines is 1. The molecule has 0 bridgehead atoms. The SMILES string of the molecule is NC(=O)c1cccc(NC(=O)COc2ccc(Br)cc2)c1. The van der Waals surface area contributed by atoms with E-state index in [1.165, 1.54) is 6.07 Å². The van der Waals surface area contributed by atoms with Gasteiger partial charge in [0.25, 0.3) is 5.91 Å². The first-order valence-electron chi connectivity index (χ1n) is 6.12. The third-order valence-electron chi connectivity index (χ3n) is 2.61. The Morgan fingerprint density at radius 3 is 2.52 bits per heavy atom. The van der Waals surface area contributed by atoms with Crippen LogP contribution >= 0.6 is 15.9 Å². The molecule has 2 aromatic rings. The van der Waals surface area contributed by atoms with E-state index in [1.54, 1.807) is 30.3 Å². The molecule has 6 heteroatoms. The van der Waals surface area contributed by atoms with Crippen LogP contribution in [0.4, 0.5) is 5.69 Å². The van der Waals surface area contributed by atoms with Gasteiger partial charge in [0.2, 0.25) is 5.91 Å². The van der Waals surface area contributed by atoms with Crippen molar-refractivity contribution in [3.63, 3.8) is 0 Å². The summed E-state index contributed by atoms with van der Waals surface area (Å²) in [6.45, 7) is -0.123. The molecule has 0 aliphatic rings. The molecule has 0 heterocycles. The van der Waals surface area contributed by atoms with Crippen LogP contribution in [0.5, 0.6) is 5.75 Å². The molecule has 2 rings (SSSR count). The molecule has 3 N–H and O–H groups in total. The molecule has 0 aromatic heterocycles. The molecule has 0 aliphatic heterocycles. The van der Waals surface area contributed by atoms with Crippen molar-refractivity contribution in [2.45, 2.75) is 0 Å². The number of hydrogen-bond acceptors (Lipinski definition) is 3. The predicted octanol–water partition coefficient (Wildman–Crippen LogP) is 2.57. The van der Waals surface area contributed by atoms with Crippen LogP contribution < -0.4 is 15.8 Å². The molecular weight excluding hydrogens is 336 g/mol. The quantitative estimate of drug-likeness (QED) is 0.871. The molecule has 0 saturated heterocycles. The summed E-state index contributed by atoms with van der Waals surface area (Å²) in [4.78, 5) is 22.8. The van der Waals surface area contributed by atoms with Gasteiger partial charge in [0.1, 0.15) is 5.75 Å². The topological polar surface area (TPSA) is 81.4 Å². The molecule has 21 heavy (non-hydrogen) atoms. The number of nitrogens with two attached hydrogens (primary N) is 1. The first-order chi connectivity index (χ1) is 10.0. The average molecular weight is 349 g/mol. The summed E-state index contributed by atoms with van der Waals surface area (Å²) in [6.07, 6.45) is 0. The number of carbonyl (C=O) groups is 2. The fourth-order valence-corrected chi connectivity index (χ4v) is 1.89. The van der Waals surface area contributed by atoms with Gasteiger partial charge in [0.15, 0.2) is 6.61 Å². The number of carbonyl (C=O) groups excluding carboxylic acids is 2. The van der Waals surface area contributed by atoms with Crippen LogP contribution in [0.15, 0.2) is 53.0 Å². The normalized spacial score (nSPS) is 9.95.